The van der Waals surface area contributed by atoms with E-state index in [1.165, 1.54) is 25.9 Å². The van der Waals surface area contributed by atoms with Gasteiger partial charge in [-0.15, -0.1) is 10.2 Å². The molecule has 1 aromatic heterocycles. The van der Waals surface area contributed by atoms with Crippen molar-refractivity contribution < 1.29 is 0 Å². The van der Waals surface area contributed by atoms with Gasteiger partial charge in [-0.25, -0.2) is 0 Å². The Hall–Kier alpha value is -0.870. The average molecular weight is 253 g/mol. The van der Waals surface area contributed by atoms with Crippen LogP contribution in [-0.2, 0) is 0 Å². The maximum atomic E-state index is 5.70. The van der Waals surface area contributed by atoms with Crippen molar-refractivity contribution in [3.8, 4) is 0 Å². The van der Waals surface area contributed by atoms with Crippen molar-refractivity contribution in [1.82, 2.24) is 15.5 Å². The van der Waals surface area contributed by atoms with Crippen molar-refractivity contribution >= 4 is 17.4 Å². The first-order valence-corrected chi connectivity index (χ1v) is 6.63. The Kier molecular flexibility index (Phi) is 3.16. The molecule has 0 radical (unpaired) electrons. The zero-order chi connectivity index (χ0) is 11.7. The molecule has 2 fully saturated rings. The summed E-state index contributed by atoms with van der Waals surface area (Å²) >= 11 is 5.70. The fourth-order valence-electron chi connectivity index (χ4n) is 3.12. The van der Waals surface area contributed by atoms with E-state index in [9.17, 15) is 0 Å². The van der Waals surface area contributed by atoms with E-state index in [1.54, 1.807) is 6.07 Å². The fraction of sp³-hybridized carbons (Fsp3) is 0.667. The van der Waals surface area contributed by atoms with Crippen molar-refractivity contribution in [3.05, 3.63) is 17.3 Å². The van der Waals surface area contributed by atoms with Gasteiger partial charge in [0.05, 0.1) is 0 Å². The van der Waals surface area contributed by atoms with E-state index in [0.29, 0.717) is 5.15 Å². The molecule has 2 heterocycles. The molecule has 0 spiro atoms. The lowest BCUT2D eigenvalue weighted by Gasteiger charge is -2.12. The molecule has 3 atom stereocenters. The third-order valence-electron chi connectivity index (χ3n) is 3.96. The van der Waals surface area contributed by atoms with Gasteiger partial charge in [0.1, 0.15) is 5.82 Å². The van der Waals surface area contributed by atoms with Crippen LogP contribution in [0.25, 0.3) is 0 Å². The van der Waals surface area contributed by atoms with Crippen LogP contribution in [0.4, 0.5) is 5.82 Å². The van der Waals surface area contributed by atoms with Gasteiger partial charge in [-0.05, 0) is 55.8 Å². The number of hydrogen-bond donors (Lipinski definition) is 2. The highest BCUT2D eigenvalue weighted by Crippen LogP contribution is 2.38. The maximum Gasteiger partial charge on any atom is 0.151 e. The number of rotatable bonds is 3. The molecule has 3 rings (SSSR count). The monoisotopic (exact) mass is 252 g/mol. The van der Waals surface area contributed by atoms with Gasteiger partial charge in [-0.2, -0.15) is 0 Å². The molecule has 0 bridgehead atoms. The van der Waals surface area contributed by atoms with E-state index in [-0.39, 0.29) is 0 Å². The van der Waals surface area contributed by atoms with Crippen molar-refractivity contribution in [1.29, 1.82) is 0 Å². The first-order valence-electron chi connectivity index (χ1n) is 6.25. The molecule has 1 unspecified atom stereocenters. The molecule has 4 nitrogen and oxygen atoms in total. The molecule has 1 saturated heterocycles. The Morgan fingerprint density at radius 3 is 2.65 bits per heavy atom. The highest BCUT2D eigenvalue weighted by molar-refractivity contribution is 6.29. The van der Waals surface area contributed by atoms with Crippen LogP contribution in [0.1, 0.15) is 12.8 Å². The Morgan fingerprint density at radius 2 is 2.00 bits per heavy atom. The minimum atomic E-state index is 0.442. The van der Waals surface area contributed by atoms with Crippen LogP contribution in [0, 0.1) is 17.8 Å². The van der Waals surface area contributed by atoms with E-state index in [2.05, 4.69) is 20.8 Å². The third kappa shape index (κ3) is 2.53. The van der Waals surface area contributed by atoms with Crippen molar-refractivity contribution in [3.63, 3.8) is 0 Å². The SMILES string of the molecule is Clc1ccc(NC[C@@H]2CC3CNC[C@H]3C2)nn1. The topological polar surface area (TPSA) is 49.8 Å². The third-order valence-corrected chi connectivity index (χ3v) is 4.16. The molecule has 17 heavy (non-hydrogen) atoms. The molecular weight excluding hydrogens is 236 g/mol. The second-order valence-corrected chi connectivity index (χ2v) is 5.53. The maximum absolute atomic E-state index is 5.70. The number of fused-ring (bicyclic) bond motifs is 1. The first kappa shape index (κ1) is 11.2. The summed E-state index contributed by atoms with van der Waals surface area (Å²) in [5.41, 5.74) is 0. The zero-order valence-electron chi connectivity index (χ0n) is 9.69. The van der Waals surface area contributed by atoms with Gasteiger partial charge in [0.2, 0.25) is 0 Å². The van der Waals surface area contributed by atoms with Gasteiger partial charge < -0.3 is 10.6 Å². The van der Waals surface area contributed by atoms with Crippen LogP contribution in [-0.4, -0.2) is 29.8 Å². The van der Waals surface area contributed by atoms with Gasteiger partial charge in [-0.1, -0.05) is 11.6 Å². The lowest BCUT2D eigenvalue weighted by Crippen LogP contribution is -2.17. The van der Waals surface area contributed by atoms with E-state index in [0.717, 1.165) is 30.1 Å². The number of nitrogens with zero attached hydrogens (tertiary/aromatic N) is 2. The van der Waals surface area contributed by atoms with Gasteiger partial charge >= 0.3 is 0 Å². The molecule has 1 aliphatic carbocycles. The number of hydrogen-bond acceptors (Lipinski definition) is 4. The van der Waals surface area contributed by atoms with E-state index in [4.69, 9.17) is 11.6 Å². The van der Waals surface area contributed by atoms with Crippen LogP contribution in [0.5, 0.6) is 0 Å². The summed E-state index contributed by atoms with van der Waals surface area (Å²) in [7, 11) is 0. The molecule has 0 amide bonds. The quantitative estimate of drug-likeness (QED) is 0.861. The number of nitrogens with one attached hydrogen (secondary N) is 2. The Labute approximate surface area is 106 Å². The van der Waals surface area contributed by atoms with Gasteiger partial charge in [0, 0.05) is 6.54 Å². The standard InChI is InChI=1S/C12H17ClN4/c13-11-1-2-12(17-16-11)15-5-8-3-9-6-14-7-10(9)4-8/h1-2,8-10,14H,3-7H2,(H,15,17)/t8-,9+,10?/m0/s1. The average Bonchev–Trinajstić information content (AvgIpc) is 2.88. The minimum absolute atomic E-state index is 0.442. The largest absolute Gasteiger partial charge is 0.368 e. The predicted octanol–water partition coefficient (Wildman–Crippen LogP) is 1.79. The van der Waals surface area contributed by atoms with Gasteiger partial charge in [-0.3, -0.25) is 0 Å². The summed E-state index contributed by atoms with van der Waals surface area (Å²) in [5.74, 6) is 3.41. The highest BCUT2D eigenvalue weighted by atomic mass is 35.5. The Morgan fingerprint density at radius 1 is 1.24 bits per heavy atom. The summed E-state index contributed by atoms with van der Waals surface area (Å²) in [6.07, 6.45) is 2.68. The van der Waals surface area contributed by atoms with Gasteiger partial charge in [0.25, 0.3) is 0 Å². The lowest BCUT2D eigenvalue weighted by molar-refractivity contribution is 0.494. The second kappa shape index (κ2) is 4.78. The van der Waals surface area contributed by atoms with E-state index >= 15 is 0 Å². The van der Waals surface area contributed by atoms with Crippen LogP contribution in [0.2, 0.25) is 5.15 Å². The number of aromatic nitrogens is 2. The molecule has 1 aromatic rings. The van der Waals surface area contributed by atoms with Crippen LogP contribution in [0.15, 0.2) is 12.1 Å². The molecule has 0 aromatic carbocycles. The Balaban J connectivity index is 1.50. The summed E-state index contributed by atoms with van der Waals surface area (Å²) in [6.45, 7) is 3.42. The van der Waals surface area contributed by atoms with Crippen LogP contribution >= 0.6 is 11.6 Å². The van der Waals surface area contributed by atoms with Crippen LogP contribution < -0.4 is 10.6 Å². The zero-order valence-corrected chi connectivity index (χ0v) is 10.5. The highest BCUT2D eigenvalue weighted by Gasteiger charge is 2.36. The normalized spacial score (nSPS) is 31.5. The lowest BCUT2D eigenvalue weighted by atomic mass is 10.0. The van der Waals surface area contributed by atoms with E-state index < -0.39 is 0 Å². The molecule has 2 aliphatic rings. The van der Waals surface area contributed by atoms with Gasteiger partial charge in [0.15, 0.2) is 5.15 Å². The Bertz CT molecular complexity index is 369. The summed E-state index contributed by atoms with van der Waals surface area (Å²) < 4.78 is 0. The molecule has 1 saturated carbocycles. The molecule has 2 N–H and O–H groups in total. The predicted molar refractivity (Wildman–Crippen MR) is 68.1 cm³/mol. The summed E-state index contributed by atoms with van der Waals surface area (Å²) in [6, 6.07) is 3.65. The second-order valence-electron chi connectivity index (χ2n) is 5.14. The molecule has 1 aliphatic heterocycles. The summed E-state index contributed by atoms with van der Waals surface area (Å²) in [5, 5.41) is 15.1. The van der Waals surface area contributed by atoms with Crippen LogP contribution in [0.3, 0.4) is 0 Å². The fourth-order valence-corrected chi connectivity index (χ4v) is 3.22. The molecule has 5 heteroatoms. The number of anilines is 1. The minimum Gasteiger partial charge on any atom is -0.368 e. The molecular formula is C12H17ClN4. The summed E-state index contributed by atoms with van der Waals surface area (Å²) in [4.78, 5) is 0. The smallest absolute Gasteiger partial charge is 0.151 e. The van der Waals surface area contributed by atoms with E-state index in [1.807, 2.05) is 6.07 Å². The molecule has 92 valence electrons. The van der Waals surface area contributed by atoms with Crippen molar-refractivity contribution in [2.45, 2.75) is 12.8 Å². The van der Waals surface area contributed by atoms with Crippen molar-refractivity contribution in [2.24, 2.45) is 17.8 Å². The number of halogens is 1. The first-order chi connectivity index (χ1) is 8.31. The van der Waals surface area contributed by atoms with Crippen molar-refractivity contribution in [2.75, 3.05) is 25.0 Å².